The molecule has 0 spiro atoms. The van der Waals surface area contributed by atoms with Crippen LogP contribution in [0.5, 0.6) is 5.75 Å². The van der Waals surface area contributed by atoms with Crippen molar-refractivity contribution < 1.29 is 137 Å². The van der Waals surface area contributed by atoms with Crippen LogP contribution in [-0.4, -0.2) is 317 Å². The molecular formula is C74H120N22O28. The highest BCUT2D eigenvalue weighted by molar-refractivity contribution is 6.02. The van der Waals surface area contributed by atoms with E-state index in [1.807, 2.05) is 5.32 Å². The maximum atomic E-state index is 14.6. The Morgan fingerprint density at radius 2 is 0.798 bits per heavy atom. The number of aromatic nitrogens is 2. The number of aliphatic carboxylic acids is 2. The van der Waals surface area contributed by atoms with Crippen molar-refractivity contribution in [1.82, 2.24) is 89.7 Å². The van der Waals surface area contributed by atoms with Crippen molar-refractivity contribution >= 4 is 112 Å². The number of nitrogens with one attached hydrogen (secondary N) is 16. The van der Waals surface area contributed by atoms with Gasteiger partial charge >= 0.3 is 11.9 Å². The summed E-state index contributed by atoms with van der Waals surface area (Å²) in [7, 11) is 0. The molecule has 0 radical (unpaired) electrons. The molecule has 0 aliphatic heterocycles. The number of aromatic hydroxyl groups is 1. The molecule has 0 fully saturated rings. The van der Waals surface area contributed by atoms with Gasteiger partial charge in [0.2, 0.25) is 100 Å². The van der Waals surface area contributed by atoms with Crippen molar-refractivity contribution in [2.75, 3.05) is 46.1 Å². The first-order valence-corrected chi connectivity index (χ1v) is 39.6. The molecule has 1 aromatic carbocycles. The highest BCUT2D eigenvalue weighted by Crippen LogP contribution is 2.16. The fraction of sp³-hybridized carbons (Fsp3) is 0.622. The van der Waals surface area contributed by atoms with Crippen LogP contribution >= 0.6 is 0 Å². The Kier molecular flexibility index (Phi) is 48.5. The number of aliphatic hydroxyl groups is 6. The van der Waals surface area contributed by atoms with Crippen LogP contribution in [0.1, 0.15) is 130 Å². The van der Waals surface area contributed by atoms with Crippen molar-refractivity contribution in [3.8, 4) is 5.75 Å². The van der Waals surface area contributed by atoms with Crippen LogP contribution in [0.25, 0.3) is 0 Å². The molecule has 694 valence electrons. The highest BCUT2D eigenvalue weighted by Gasteiger charge is 2.40. The van der Waals surface area contributed by atoms with Crippen LogP contribution in [0, 0.1) is 11.8 Å². The number of amides is 17. The molecule has 1 heterocycles. The summed E-state index contributed by atoms with van der Waals surface area (Å²) in [5.74, 6) is -24.5. The summed E-state index contributed by atoms with van der Waals surface area (Å²) < 4.78 is 0. The first-order valence-electron chi connectivity index (χ1n) is 39.6. The minimum atomic E-state index is -2.14. The Bertz CT molecular complexity index is 3920. The first kappa shape index (κ1) is 108. The average Bonchev–Trinajstić information content (AvgIpc) is 0.918. The van der Waals surface area contributed by atoms with Gasteiger partial charge in [-0.15, -0.1) is 0 Å². The Morgan fingerprint density at radius 1 is 0.427 bits per heavy atom. The third kappa shape index (κ3) is 38.9. The second-order valence-corrected chi connectivity index (χ2v) is 29.6. The van der Waals surface area contributed by atoms with Gasteiger partial charge < -0.3 is 159 Å². The quantitative estimate of drug-likeness (QED) is 0.0274. The van der Waals surface area contributed by atoms with Gasteiger partial charge in [0.1, 0.15) is 90.3 Å². The molecule has 124 heavy (non-hydrogen) atoms. The Morgan fingerprint density at radius 3 is 1.23 bits per heavy atom. The average molecular weight is 1770 g/mol. The van der Waals surface area contributed by atoms with Gasteiger partial charge in [-0.05, 0) is 108 Å². The summed E-state index contributed by atoms with van der Waals surface area (Å²) in [6, 6.07) is -21.6. The van der Waals surface area contributed by atoms with E-state index in [4.69, 9.17) is 33.8 Å². The van der Waals surface area contributed by atoms with Gasteiger partial charge in [0, 0.05) is 31.2 Å². The van der Waals surface area contributed by atoms with E-state index in [1.165, 1.54) is 36.8 Å². The van der Waals surface area contributed by atoms with E-state index in [0.717, 1.165) is 13.8 Å². The lowest BCUT2D eigenvalue weighted by Crippen LogP contribution is -2.63. The van der Waals surface area contributed by atoms with Crippen LogP contribution in [-0.2, 0) is 104 Å². The number of hydrogen-bond donors (Lipinski definition) is 30. The number of H-pyrrole nitrogens is 1. The summed E-state index contributed by atoms with van der Waals surface area (Å²) in [6.07, 6.45) is -4.28. The lowest BCUT2D eigenvalue weighted by atomic mass is 9.97. The number of carboxylic acid groups (broad SMARTS) is 2. The number of phenols is 1. The van der Waals surface area contributed by atoms with E-state index in [1.54, 1.807) is 27.7 Å². The lowest BCUT2D eigenvalue weighted by molar-refractivity contribution is -0.143. The van der Waals surface area contributed by atoms with E-state index >= 15 is 0 Å². The number of imidazole rings is 1. The lowest BCUT2D eigenvalue weighted by Gasteiger charge is -2.29. The van der Waals surface area contributed by atoms with Crippen molar-refractivity contribution in [2.24, 2.45) is 40.5 Å². The van der Waals surface area contributed by atoms with E-state index in [2.05, 4.69) is 84.4 Å². The van der Waals surface area contributed by atoms with Crippen molar-refractivity contribution in [3.63, 3.8) is 0 Å². The highest BCUT2D eigenvalue weighted by atomic mass is 16.4. The standard InChI is InChI=1S/C74H120N22O28/c1-7-35(4)57(94-60(109)41(77)18-19-56(107)108)71(120)89-47(25-53(78)104)68(117)88-46(24-39-27-80-33-82-39)66(115)91-49(29-97)61(110)81-28-55(106)83-50(30-98)70(119)96-58(36(5)101)72(121)90-48(26-54(79)105)67(116)87-45(23-38-14-16-40(103)17-15-38)65(114)85-43(13-9-11-21-76)63(112)95-59(37(6)102)73(122)92-51(31-99)69(118)86-44(22-34(2)3)64(113)84-42(12-8-10-20-75)62(111)93-52(32-100)74(123)124/h14-17,27,33-37,41-52,57-59,97-103H,7-13,18-26,28-32,75-77H2,1-6H3,(H2,78,104)(H2,79,105)(H,80,82)(H,81,110)(H,83,106)(H,84,113)(H,85,114)(H,86,118)(H,87,116)(H,88,117)(H,89,120)(H,90,121)(H,91,115)(H,92,122)(H,93,111)(H,94,109)(H,95,112)(H,96,119)(H,107,108)(H,123,124)/t35-,36+,37+,41-,42-,43-,44-,45-,46-,47-,48-,49-,50-,51-,52-,57-,58-,59-/m0/s1. The zero-order valence-electron chi connectivity index (χ0n) is 69.4. The van der Waals surface area contributed by atoms with Gasteiger partial charge in [-0.3, -0.25) is 86.3 Å². The Balaban J connectivity index is 2.40. The smallest absolute Gasteiger partial charge is 0.328 e. The predicted octanol–water partition coefficient (Wildman–Crippen LogP) is -13.1. The van der Waals surface area contributed by atoms with Crippen LogP contribution in [0.15, 0.2) is 36.8 Å². The second-order valence-electron chi connectivity index (χ2n) is 29.6. The molecule has 0 aliphatic carbocycles. The molecule has 50 heteroatoms. The summed E-state index contributed by atoms with van der Waals surface area (Å²) >= 11 is 0. The Labute approximate surface area is 711 Å². The summed E-state index contributed by atoms with van der Waals surface area (Å²) in [5.41, 5.74) is 28.5. The zero-order valence-corrected chi connectivity index (χ0v) is 69.4. The molecule has 0 bridgehead atoms. The molecule has 1 aromatic heterocycles. The third-order valence-corrected chi connectivity index (χ3v) is 18.8. The number of rotatable bonds is 60. The van der Waals surface area contributed by atoms with Gasteiger partial charge in [-0.2, -0.15) is 0 Å². The topological polar surface area (TPSA) is 846 Å². The normalized spacial score (nSPS) is 15.5. The molecule has 2 aromatic rings. The number of unbranched alkanes of at least 4 members (excludes halogenated alkanes) is 2. The molecule has 0 saturated carbocycles. The molecule has 0 aliphatic rings. The molecule has 17 amide bonds. The predicted molar refractivity (Wildman–Crippen MR) is 431 cm³/mol. The van der Waals surface area contributed by atoms with E-state index in [9.17, 15) is 132 Å². The summed E-state index contributed by atoms with van der Waals surface area (Å²) in [5, 5.41) is 125. The number of carbonyl (C=O) groups is 19. The van der Waals surface area contributed by atoms with Crippen molar-refractivity contribution in [3.05, 3.63) is 48.0 Å². The third-order valence-electron chi connectivity index (χ3n) is 18.8. The van der Waals surface area contributed by atoms with Crippen LogP contribution in [0.4, 0.5) is 0 Å². The minimum absolute atomic E-state index is 0.0524. The zero-order chi connectivity index (χ0) is 93.8. The number of nitrogens with zero attached hydrogens (tertiary/aromatic N) is 1. The SMILES string of the molecule is CC[C@H](C)[C@H](NC(=O)[C@@H](N)CCC(=O)O)C(=O)N[C@@H](CC(N)=O)C(=O)N[C@@H](Cc1cnc[nH]1)C(=O)N[C@@H](CO)C(=O)NCC(=O)N[C@@H](CO)C(=O)N[C@H](C(=O)N[C@@H](CC(N)=O)C(=O)N[C@@H](Cc1ccc(O)cc1)C(=O)N[C@@H](CCCCN)C(=O)N[C@H](C(=O)N[C@@H](CO)C(=O)N[C@@H](CC(C)C)C(=O)N[C@@H](CCCCN)C(=O)N[C@@H](CO)C(=O)O)[C@@H](C)O)[C@@H](C)O. The molecule has 0 saturated heterocycles. The molecule has 50 nitrogen and oxygen atoms in total. The minimum Gasteiger partial charge on any atom is -0.508 e. The maximum absolute atomic E-state index is 14.6. The molecular weight excluding hydrogens is 1640 g/mol. The number of carboxylic acids is 2. The fourth-order valence-electron chi connectivity index (χ4n) is 11.6. The number of aromatic amines is 1. The number of primary amides is 2. The molecule has 0 unspecified atom stereocenters. The van der Waals surface area contributed by atoms with E-state index in [-0.39, 0.29) is 87.4 Å². The molecule has 18 atom stereocenters. The first-order chi connectivity index (χ1) is 58.4. The number of phenolic OH excluding ortho intramolecular Hbond substituents is 1. The van der Waals surface area contributed by atoms with Gasteiger partial charge in [-0.25, -0.2) is 9.78 Å². The summed E-state index contributed by atoms with van der Waals surface area (Å²) in [4.78, 5) is 262. The van der Waals surface area contributed by atoms with Gasteiger partial charge in [0.05, 0.1) is 70.4 Å². The number of carbonyl (C=O) groups excluding carboxylic acids is 17. The van der Waals surface area contributed by atoms with Gasteiger partial charge in [-0.1, -0.05) is 46.2 Å². The molecule has 2 rings (SSSR count). The van der Waals surface area contributed by atoms with E-state index < -0.39 is 286 Å². The largest absolute Gasteiger partial charge is 0.508 e. The number of benzene rings is 1. The molecule has 35 N–H and O–H groups in total. The van der Waals surface area contributed by atoms with Crippen LogP contribution in [0.2, 0.25) is 0 Å². The van der Waals surface area contributed by atoms with Crippen LogP contribution in [0.3, 0.4) is 0 Å². The number of nitrogens with two attached hydrogens (primary N) is 5. The summed E-state index contributed by atoms with van der Waals surface area (Å²) in [6.45, 7) is 3.06. The maximum Gasteiger partial charge on any atom is 0.328 e. The number of aliphatic hydroxyl groups excluding tert-OH is 6. The fourth-order valence-corrected chi connectivity index (χ4v) is 11.6. The van der Waals surface area contributed by atoms with E-state index in [0.29, 0.717) is 6.42 Å². The van der Waals surface area contributed by atoms with Gasteiger partial charge in [0.25, 0.3) is 0 Å². The monoisotopic (exact) mass is 1760 g/mol. The van der Waals surface area contributed by atoms with Crippen molar-refractivity contribution in [1.29, 1.82) is 0 Å². The number of hydrogen-bond acceptors (Lipinski definition) is 30. The second kappa shape index (κ2) is 55.7. The Hall–Kier alpha value is -12.2. The van der Waals surface area contributed by atoms with Crippen molar-refractivity contribution in [2.45, 2.75) is 234 Å². The van der Waals surface area contributed by atoms with Gasteiger partial charge in [0.15, 0.2) is 0 Å². The van der Waals surface area contributed by atoms with Crippen LogP contribution < -0.4 is 108 Å².